The third-order valence-electron chi connectivity index (χ3n) is 5.37. The average Bonchev–Trinajstić information content (AvgIpc) is 3.32. The van der Waals surface area contributed by atoms with Gasteiger partial charge in [-0.05, 0) is 23.6 Å². The smallest absolute Gasteiger partial charge is 0.408 e. The number of aliphatic carboxylic acids is 1. The molecule has 0 aliphatic rings. The van der Waals surface area contributed by atoms with Crippen molar-refractivity contribution in [3.63, 3.8) is 0 Å². The SMILES string of the molecule is C/C(=C\S(C)(=O)=O)C[C@](NC(=O)OCc1ccccc1)(C(=O)O)c1ccc(-c2cnn(C(F)F)c2)cc1. The van der Waals surface area contributed by atoms with E-state index in [4.69, 9.17) is 4.74 Å². The minimum absolute atomic E-state index is 0.114. The van der Waals surface area contributed by atoms with E-state index in [0.717, 1.165) is 17.9 Å². The number of alkyl halides is 2. The summed E-state index contributed by atoms with van der Waals surface area (Å²) in [4.78, 5) is 25.3. The third kappa shape index (κ3) is 7.23. The van der Waals surface area contributed by atoms with Gasteiger partial charge < -0.3 is 15.2 Å². The van der Waals surface area contributed by atoms with Gasteiger partial charge in [-0.1, -0.05) is 60.2 Å². The number of hydrogen-bond acceptors (Lipinski definition) is 6. The van der Waals surface area contributed by atoms with Crippen LogP contribution in [0.15, 0.2) is 78.0 Å². The lowest BCUT2D eigenvalue weighted by atomic mass is 9.83. The Morgan fingerprint density at radius 1 is 1.14 bits per heavy atom. The molecule has 2 aromatic carbocycles. The number of rotatable bonds is 10. The van der Waals surface area contributed by atoms with Gasteiger partial charge in [0.2, 0.25) is 0 Å². The zero-order valence-corrected chi connectivity index (χ0v) is 20.8. The van der Waals surface area contributed by atoms with E-state index in [1.54, 1.807) is 30.3 Å². The van der Waals surface area contributed by atoms with Crippen LogP contribution < -0.4 is 5.32 Å². The van der Waals surface area contributed by atoms with E-state index in [1.807, 2.05) is 0 Å². The van der Waals surface area contributed by atoms with Crippen LogP contribution in [-0.4, -0.2) is 41.6 Å². The van der Waals surface area contributed by atoms with Crippen molar-refractivity contribution in [3.8, 4) is 11.1 Å². The van der Waals surface area contributed by atoms with E-state index in [0.29, 0.717) is 21.4 Å². The van der Waals surface area contributed by atoms with Crippen molar-refractivity contribution in [1.29, 1.82) is 0 Å². The molecule has 1 heterocycles. The molecule has 0 aliphatic heterocycles. The number of carbonyl (C=O) groups is 2. The molecule has 0 saturated carbocycles. The fraction of sp³-hybridized carbons (Fsp3) is 0.240. The first-order valence-electron chi connectivity index (χ1n) is 10.9. The number of nitrogens with one attached hydrogen (secondary N) is 1. The van der Waals surface area contributed by atoms with Crippen LogP contribution in [0.4, 0.5) is 13.6 Å². The lowest BCUT2D eigenvalue weighted by Gasteiger charge is -2.31. The summed E-state index contributed by atoms with van der Waals surface area (Å²) in [6.07, 6.45) is 1.93. The number of aromatic nitrogens is 2. The molecule has 3 aromatic rings. The molecular weight excluding hydrogens is 508 g/mol. The Kier molecular flexibility index (Phi) is 8.43. The van der Waals surface area contributed by atoms with Crippen molar-refractivity contribution in [3.05, 3.63) is 89.1 Å². The Balaban J connectivity index is 1.96. The van der Waals surface area contributed by atoms with Gasteiger partial charge in [-0.2, -0.15) is 13.9 Å². The molecule has 2 N–H and O–H groups in total. The monoisotopic (exact) mass is 533 g/mol. The van der Waals surface area contributed by atoms with Gasteiger partial charge in [0.05, 0.1) is 6.20 Å². The van der Waals surface area contributed by atoms with Gasteiger partial charge in [-0.25, -0.2) is 22.7 Å². The highest BCUT2D eigenvalue weighted by molar-refractivity contribution is 7.93. The van der Waals surface area contributed by atoms with Gasteiger partial charge in [0.15, 0.2) is 15.4 Å². The lowest BCUT2D eigenvalue weighted by molar-refractivity contribution is -0.145. The fourth-order valence-corrected chi connectivity index (χ4v) is 4.59. The number of amides is 1. The van der Waals surface area contributed by atoms with Crippen LogP contribution in [0.2, 0.25) is 0 Å². The van der Waals surface area contributed by atoms with E-state index in [2.05, 4.69) is 10.4 Å². The number of halogens is 2. The van der Waals surface area contributed by atoms with Crippen molar-refractivity contribution in [2.45, 2.75) is 32.0 Å². The summed E-state index contributed by atoms with van der Waals surface area (Å²) >= 11 is 0. The van der Waals surface area contributed by atoms with Crippen LogP contribution in [0.5, 0.6) is 0 Å². The van der Waals surface area contributed by atoms with Gasteiger partial charge >= 0.3 is 18.6 Å². The Hall–Kier alpha value is -4.06. The van der Waals surface area contributed by atoms with E-state index >= 15 is 0 Å². The normalized spacial score (nSPS) is 13.7. The van der Waals surface area contributed by atoms with Crippen LogP contribution in [0, 0.1) is 0 Å². The molecular formula is C25H25F2N3O6S. The van der Waals surface area contributed by atoms with Crippen molar-refractivity contribution >= 4 is 21.9 Å². The minimum Gasteiger partial charge on any atom is -0.479 e. The van der Waals surface area contributed by atoms with E-state index in [9.17, 15) is 31.9 Å². The first-order valence-corrected chi connectivity index (χ1v) is 12.9. The second kappa shape index (κ2) is 11.3. The molecule has 0 fully saturated rings. The second-order valence-corrected chi connectivity index (χ2v) is 10.3. The average molecular weight is 534 g/mol. The highest BCUT2D eigenvalue weighted by Gasteiger charge is 2.43. The minimum atomic E-state index is -3.60. The number of sulfone groups is 1. The van der Waals surface area contributed by atoms with E-state index in [-0.39, 0.29) is 17.7 Å². The molecule has 9 nitrogen and oxygen atoms in total. The maximum atomic E-state index is 12.9. The van der Waals surface area contributed by atoms with Gasteiger partial charge in [0.1, 0.15) is 6.61 Å². The van der Waals surface area contributed by atoms with Crippen molar-refractivity contribution in [1.82, 2.24) is 15.1 Å². The first kappa shape index (κ1) is 27.5. The molecule has 1 aromatic heterocycles. The summed E-state index contributed by atoms with van der Waals surface area (Å²) in [5.74, 6) is -1.45. The molecule has 37 heavy (non-hydrogen) atoms. The fourth-order valence-electron chi connectivity index (χ4n) is 3.77. The van der Waals surface area contributed by atoms with E-state index in [1.165, 1.54) is 37.4 Å². The van der Waals surface area contributed by atoms with Crippen LogP contribution in [-0.2, 0) is 31.5 Å². The first-order chi connectivity index (χ1) is 17.4. The third-order valence-corrected chi connectivity index (χ3v) is 6.20. The predicted octanol–water partition coefficient (Wildman–Crippen LogP) is 4.49. The van der Waals surface area contributed by atoms with Crippen molar-refractivity contribution in [2.24, 2.45) is 0 Å². The zero-order chi connectivity index (χ0) is 27.2. The number of carbonyl (C=O) groups excluding carboxylic acids is 1. The molecule has 1 atom stereocenters. The van der Waals surface area contributed by atoms with Gasteiger partial charge in [0, 0.05) is 29.8 Å². The quantitative estimate of drug-likeness (QED) is 0.393. The van der Waals surface area contributed by atoms with Gasteiger partial charge in [-0.3, -0.25) is 0 Å². The molecule has 1 amide bonds. The standard InChI is InChI=1S/C25H25F2N3O6S/c1-17(16-37(2,34)35)12-25(22(31)32,29-24(33)36-15-18-6-4-3-5-7-18)21-10-8-19(9-11-21)20-13-28-30(14-20)23(26)27/h3-11,13-14,16,23H,12,15H2,1-2H3,(H,29,33)(H,31,32)/b17-16+/t25-/m1/s1. The second-order valence-electron chi connectivity index (χ2n) is 8.43. The van der Waals surface area contributed by atoms with Crippen LogP contribution in [0.3, 0.4) is 0 Å². The molecule has 0 saturated heterocycles. The summed E-state index contributed by atoms with van der Waals surface area (Å²) in [5, 5.41) is 17.2. The van der Waals surface area contributed by atoms with Crippen LogP contribution >= 0.6 is 0 Å². The van der Waals surface area contributed by atoms with Crippen molar-refractivity contribution in [2.75, 3.05) is 6.26 Å². The number of alkyl carbamates (subject to hydrolysis) is 1. The molecule has 196 valence electrons. The summed E-state index contributed by atoms with van der Waals surface area (Å²) < 4.78 is 55.0. The Morgan fingerprint density at radius 2 is 1.78 bits per heavy atom. The molecule has 0 aliphatic carbocycles. The number of carboxylic acid groups (broad SMARTS) is 1. The molecule has 0 radical (unpaired) electrons. The predicted molar refractivity (Wildman–Crippen MR) is 131 cm³/mol. The van der Waals surface area contributed by atoms with Crippen LogP contribution in [0.1, 0.15) is 31.0 Å². The Labute approximate surface area is 212 Å². The van der Waals surface area contributed by atoms with Crippen LogP contribution in [0.25, 0.3) is 11.1 Å². The number of ether oxygens (including phenoxy) is 1. The Bertz CT molecular complexity index is 1390. The zero-order valence-electron chi connectivity index (χ0n) is 20.0. The molecule has 0 unspecified atom stereocenters. The van der Waals surface area contributed by atoms with Crippen molar-refractivity contribution < 1.29 is 36.6 Å². The number of nitrogens with zero attached hydrogens (tertiary/aromatic N) is 2. The maximum Gasteiger partial charge on any atom is 0.408 e. The molecule has 0 bridgehead atoms. The molecule has 3 rings (SSSR count). The highest BCUT2D eigenvalue weighted by atomic mass is 32.2. The Morgan fingerprint density at radius 3 is 2.32 bits per heavy atom. The largest absolute Gasteiger partial charge is 0.479 e. The summed E-state index contributed by atoms with van der Waals surface area (Å²) in [6.45, 7) is -1.50. The van der Waals surface area contributed by atoms with Gasteiger partial charge in [-0.15, -0.1) is 0 Å². The highest BCUT2D eigenvalue weighted by Crippen LogP contribution is 2.32. The number of benzene rings is 2. The topological polar surface area (TPSA) is 128 Å². The maximum absolute atomic E-state index is 12.9. The lowest BCUT2D eigenvalue weighted by Crippen LogP contribution is -2.52. The molecule has 0 spiro atoms. The summed E-state index contributed by atoms with van der Waals surface area (Å²) in [6, 6.07) is 14.6. The number of carboxylic acids is 1. The molecule has 12 heteroatoms. The number of hydrogen-bond donors (Lipinski definition) is 2. The summed E-state index contributed by atoms with van der Waals surface area (Å²) in [5.41, 5.74) is -0.273. The van der Waals surface area contributed by atoms with E-state index < -0.39 is 40.4 Å². The summed E-state index contributed by atoms with van der Waals surface area (Å²) in [7, 11) is -3.60. The van der Waals surface area contributed by atoms with Gasteiger partial charge in [0.25, 0.3) is 0 Å².